The third-order valence-electron chi connectivity index (χ3n) is 3.91. The van der Waals surface area contributed by atoms with Crippen molar-refractivity contribution in [2.75, 3.05) is 6.61 Å². The zero-order chi connectivity index (χ0) is 14.8. The minimum atomic E-state index is -0.799. The molecule has 20 heavy (non-hydrogen) atoms. The maximum atomic E-state index is 12.1. The summed E-state index contributed by atoms with van der Waals surface area (Å²) in [7, 11) is 0. The minimum absolute atomic E-state index is 0.0966. The lowest BCUT2D eigenvalue weighted by Gasteiger charge is -2.23. The van der Waals surface area contributed by atoms with Crippen LogP contribution in [0.15, 0.2) is 30.3 Å². The Morgan fingerprint density at radius 2 is 2.00 bits per heavy atom. The molecule has 4 heteroatoms. The topological polar surface area (TPSA) is 55.4 Å². The van der Waals surface area contributed by atoms with Crippen molar-refractivity contribution in [3.8, 4) is 0 Å². The fourth-order valence-electron chi connectivity index (χ4n) is 2.85. The first-order valence-electron chi connectivity index (χ1n) is 6.98. The molecule has 1 aromatic carbocycles. The molecule has 1 saturated heterocycles. The molecular formula is C16H21NO3. The SMILES string of the molecule is CCOC(=O)[C@@]1(C)C[C@@H](C(C)=O)[C@@H](c2ccccc2)N1. The first-order valence-corrected chi connectivity index (χ1v) is 6.98. The van der Waals surface area contributed by atoms with Crippen LogP contribution in [0.5, 0.6) is 0 Å². The second-order valence-corrected chi connectivity index (χ2v) is 5.51. The van der Waals surface area contributed by atoms with Crippen molar-refractivity contribution in [3.63, 3.8) is 0 Å². The molecule has 4 nitrogen and oxygen atoms in total. The highest BCUT2D eigenvalue weighted by Crippen LogP contribution is 2.39. The van der Waals surface area contributed by atoms with Crippen LogP contribution in [0, 0.1) is 5.92 Å². The molecule has 0 aromatic heterocycles. The Hall–Kier alpha value is -1.68. The van der Waals surface area contributed by atoms with Crippen LogP contribution in [-0.2, 0) is 14.3 Å². The molecular weight excluding hydrogens is 254 g/mol. The Labute approximate surface area is 119 Å². The largest absolute Gasteiger partial charge is 0.465 e. The van der Waals surface area contributed by atoms with E-state index >= 15 is 0 Å². The number of benzene rings is 1. The molecule has 1 N–H and O–H groups in total. The van der Waals surface area contributed by atoms with Gasteiger partial charge in [0, 0.05) is 12.0 Å². The van der Waals surface area contributed by atoms with Crippen molar-refractivity contribution in [2.45, 2.75) is 38.8 Å². The van der Waals surface area contributed by atoms with E-state index < -0.39 is 5.54 Å². The van der Waals surface area contributed by atoms with Gasteiger partial charge in [0.05, 0.1) is 6.61 Å². The van der Waals surface area contributed by atoms with Gasteiger partial charge in [0.25, 0.3) is 0 Å². The second-order valence-electron chi connectivity index (χ2n) is 5.51. The normalized spacial score (nSPS) is 29.1. The van der Waals surface area contributed by atoms with Gasteiger partial charge < -0.3 is 4.74 Å². The number of nitrogens with one attached hydrogen (secondary N) is 1. The number of carbonyl (C=O) groups is 2. The number of rotatable bonds is 4. The van der Waals surface area contributed by atoms with Crippen LogP contribution in [0.4, 0.5) is 0 Å². The molecule has 2 rings (SSSR count). The molecule has 0 saturated carbocycles. The van der Waals surface area contributed by atoms with E-state index in [4.69, 9.17) is 4.74 Å². The lowest BCUT2D eigenvalue weighted by atomic mass is 9.87. The predicted octanol–water partition coefficient (Wildman–Crippen LogP) is 2.25. The van der Waals surface area contributed by atoms with E-state index in [-0.39, 0.29) is 23.7 Å². The van der Waals surface area contributed by atoms with Gasteiger partial charge in [-0.3, -0.25) is 14.9 Å². The van der Waals surface area contributed by atoms with Crippen molar-refractivity contribution in [3.05, 3.63) is 35.9 Å². The molecule has 0 spiro atoms. The number of esters is 1. The van der Waals surface area contributed by atoms with E-state index in [0.29, 0.717) is 13.0 Å². The second kappa shape index (κ2) is 5.75. The minimum Gasteiger partial charge on any atom is -0.465 e. The standard InChI is InChI=1S/C16H21NO3/c1-4-20-15(19)16(3)10-13(11(2)18)14(17-16)12-8-6-5-7-9-12/h5-9,13-14,17H,4,10H2,1-3H3/t13-,14+,16+/m0/s1. The maximum absolute atomic E-state index is 12.1. The lowest BCUT2D eigenvalue weighted by molar-refractivity contribution is -0.150. The molecule has 1 aliphatic rings. The summed E-state index contributed by atoms with van der Waals surface area (Å²) >= 11 is 0. The number of Topliss-reactive ketones (excluding diaryl/α,β-unsaturated/α-hetero) is 1. The Morgan fingerprint density at radius 3 is 2.55 bits per heavy atom. The van der Waals surface area contributed by atoms with Crippen LogP contribution in [0.25, 0.3) is 0 Å². The third kappa shape index (κ3) is 2.75. The molecule has 108 valence electrons. The molecule has 0 unspecified atom stereocenters. The monoisotopic (exact) mass is 275 g/mol. The molecule has 0 aliphatic carbocycles. The number of hydrogen-bond donors (Lipinski definition) is 1. The lowest BCUT2D eigenvalue weighted by Crippen LogP contribution is -2.46. The zero-order valence-corrected chi connectivity index (χ0v) is 12.2. The van der Waals surface area contributed by atoms with Crippen LogP contribution in [0.2, 0.25) is 0 Å². The van der Waals surface area contributed by atoms with Gasteiger partial charge in [-0.15, -0.1) is 0 Å². The van der Waals surface area contributed by atoms with E-state index in [1.165, 1.54) is 0 Å². The highest BCUT2D eigenvalue weighted by Gasteiger charge is 2.49. The van der Waals surface area contributed by atoms with E-state index in [9.17, 15) is 9.59 Å². The first kappa shape index (κ1) is 14.7. The number of ether oxygens (including phenoxy) is 1. The van der Waals surface area contributed by atoms with Gasteiger partial charge in [0.15, 0.2) is 0 Å². The van der Waals surface area contributed by atoms with Gasteiger partial charge >= 0.3 is 5.97 Å². The highest BCUT2D eigenvalue weighted by molar-refractivity contribution is 5.86. The Kier molecular flexibility index (Phi) is 4.23. The van der Waals surface area contributed by atoms with Crippen molar-refractivity contribution in [1.29, 1.82) is 0 Å². The van der Waals surface area contributed by atoms with Crippen molar-refractivity contribution in [1.82, 2.24) is 5.32 Å². The number of ketones is 1. The highest BCUT2D eigenvalue weighted by atomic mass is 16.5. The van der Waals surface area contributed by atoms with Gasteiger partial charge in [-0.1, -0.05) is 30.3 Å². The van der Waals surface area contributed by atoms with Crippen molar-refractivity contribution in [2.24, 2.45) is 5.92 Å². The fourth-order valence-corrected chi connectivity index (χ4v) is 2.85. The van der Waals surface area contributed by atoms with E-state index in [2.05, 4.69) is 5.32 Å². The summed E-state index contributed by atoms with van der Waals surface area (Å²) in [4.78, 5) is 24.0. The van der Waals surface area contributed by atoms with Gasteiger partial charge in [0.2, 0.25) is 0 Å². The fraction of sp³-hybridized carbons (Fsp3) is 0.500. The third-order valence-corrected chi connectivity index (χ3v) is 3.91. The number of hydrogen-bond acceptors (Lipinski definition) is 4. The van der Waals surface area contributed by atoms with Crippen LogP contribution < -0.4 is 5.32 Å². The Balaban J connectivity index is 2.28. The molecule has 1 heterocycles. The van der Waals surface area contributed by atoms with E-state index in [0.717, 1.165) is 5.56 Å². The van der Waals surface area contributed by atoms with Gasteiger partial charge in [-0.05, 0) is 32.8 Å². The Morgan fingerprint density at radius 1 is 1.35 bits per heavy atom. The summed E-state index contributed by atoms with van der Waals surface area (Å²) in [6, 6.07) is 9.63. The molecule has 0 bridgehead atoms. The average molecular weight is 275 g/mol. The molecule has 1 aliphatic heterocycles. The smallest absolute Gasteiger partial charge is 0.326 e. The van der Waals surface area contributed by atoms with Crippen molar-refractivity contribution < 1.29 is 14.3 Å². The summed E-state index contributed by atoms with van der Waals surface area (Å²) < 4.78 is 5.13. The van der Waals surface area contributed by atoms with Gasteiger partial charge in [0.1, 0.15) is 11.3 Å². The molecule has 0 radical (unpaired) electrons. The van der Waals surface area contributed by atoms with Crippen LogP contribution in [0.1, 0.15) is 38.8 Å². The van der Waals surface area contributed by atoms with Gasteiger partial charge in [-0.25, -0.2) is 0 Å². The van der Waals surface area contributed by atoms with Crippen molar-refractivity contribution >= 4 is 11.8 Å². The van der Waals surface area contributed by atoms with Crippen LogP contribution >= 0.6 is 0 Å². The molecule has 0 amide bonds. The van der Waals surface area contributed by atoms with E-state index in [1.54, 1.807) is 13.8 Å². The maximum Gasteiger partial charge on any atom is 0.326 e. The van der Waals surface area contributed by atoms with Gasteiger partial charge in [-0.2, -0.15) is 0 Å². The molecule has 3 atom stereocenters. The van der Waals surface area contributed by atoms with Crippen LogP contribution in [-0.4, -0.2) is 23.9 Å². The summed E-state index contributed by atoms with van der Waals surface area (Å²) in [6.07, 6.45) is 0.473. The quantitative estimate of drug-likeness (QED) is 0.856. The van der Waals surface area contributed by atoms with Crippen LogP contribution in [0.3, 0.4) is 0 Å². The number of carbonyl (C=O) groups excluding carboxylic acids is 2. The average Bonchev–Trinajstić information content (AvgIpc) is 2.80. The summed E-state index contributed by atoms with van der Waals surface area (Å²) in [5.74, 6) is -0.393. The predicted molar refractivity (Wildman–Crippen MR) is 76.1 cm³/mol. The van der Waals surface area contributed by atoms with E-state index in [1.807, 2.05) is 37.3 Å². The summed E-state index contributed by atoms with van der Waals surface area (Å²) in [6.45, 7) is 5.52. The molecule has 1 fully saturated rings. The zero-order valence-electron chi connectivity index (χ0n) is 12.2. The summed E-state index contributed by atoms with van der Waals surface area (Å²) in [5, 5.41) is 3.30. The first-order chi connectivity index (χ1) is 9.48. The molecule has 1 aromatic rings. The summed E-state index contributed by atoms with van der Waals surface area (Å²) in [5.41, 5.74) is 0.230. The Bertz CT molecular complexity index is 500.